The van der Waals surface area contributed by atoms with Gasteiger partial charge in [0.15, 0.2) is 5.82 Å². The highest BCUT2D eigenvalue weighted by molar-refractivity contribution is 9.10. The number of carbonyl (C=O) groups excluding carboxylic acids is 1. The Balaban J connectivity index is 1.69. The fourth-order valence-electron chi connectivity index (χ4n) is 4.21. The minimum atomic E-state index is -4.67. The zero-order valence-electron chi connectivity index (χ0n) is 18.1. The van der Waals surface area contributed by atoms with Gasteiger partial charge in [-0.2, -0.15) is 13.2 Å². The van der Waals surface area contributed by atoms with E-state index in [1.807, 2.05) is 9.80 Å². The number of esters is 1. The lowest BCUT2D eigenvalue weighted by Crippen LogP contribution is -2.61. The molecule has 1 saturated heterocycles. The van der Waals surface area contributed by atoms with Gasteiger partial charge < -0.3 is 9.64 Å². The van der Waals surface area contributed by atoms with Crippen LogP contribution >= 0.6 is 15.9 Å². The molecule has 0 amide bonds. The summed E-state index contributed by atoms with van der Waals surface area (Å²) >= 11 is 3.31. The fourth-order valence-corrected chi connectivity index (χ4v) is 6.07. The number of pyridine rings is 1. The molecule has 184 valence electrons. The van der Waals surface area contributed by atoms with Crippen LogP contribution in [0.3, 0.4) is 0 Å². The van der Waals surface area contributed by atoms with Crippen molar-refractivity contribution in [3.8, 4) is 0 Å². The largest absolute Gasteiger partial charge is 0.469 e. The molecule has 0 spiro atoms. The fraction of sp³-hybridized carbons (Fsp3) is 0.429. The molecule has 0 aliphatic carbocycles. The van der Waals surface area contributed by atoms with E-state index in [1.54, 1.807) is 12.3 Å². The second-order valence-electron chi connectivity index (χ2n) is 8.03. The highest BCUT2D eigenvalue weighted by Crippen LogP contribution is 2.40. The Morgan fingerprint density at radius 2 is 2.00 bits per heavy atom. The molecule has 2 aliphatic heterocycles. The minimum Gasteiger partial charge on any atom is -0.469 e. The molecule has 4 rings (SSSR count). The maximum atomic E-state index is 13.6. The van der Waals surface area contributed by atoms with Crippen molar-refractivity contribution in [1.82, 2.24) is 9.88 Å². The molecule has 1 aromatic heterocycles. The van der Waals surface area contributed by atoms with Crippen LogP contribution in [-0.2, 0) is 25.7 Å². The number of sulfonamides is 1. The Morgan fingerprint density at radius 3 is 2.71 bits per heavy atom. The number of halogens is 4. The second kappa shape index (κ2) is 9.34. The monoisotopic (exact) mass is 562 g/mol. The highest BCUT2D eigenvalue weighted by Gasteiger charge is 2.41. The summed E-state index contributed by atoms with van der Waals surface area (Å²) in [5.41, 5.74) is -0.738. The van der Waals surface area contributed by atoms with Gasteiger partial charge in [-0.3, -0.25) is 14.0 Å². The number of rotatable bonds is 5. The van der Waals surface area contributed by atoms with Crippen molar-refractivity contribution < 1.29 is 31.1 Å². The Bertz CT molecular complexity index is 1190. The highest BCUT2D eigenvalue weighted by atomic mass is 79.9. The van der Waals surface area contributed by atoms with Gasteiger partial charge in [0.1, 0.15) is 0 Å². The first-order valence-corrected chi connectivity index (χ1v) is 12.7. The number of ether oxygens (including phenoxy) is 1. The Labute approximate surface area is 203 Å². The normalized spacial score (nSPS) is 18.9. The lowest BCUT2D eigenvalue weighted by atomic mass is 10.1. The van der Waals surface area contributed by atoms with E-state index in [4.69, 9.17) is 4.74 Å². The van der Waals surface area contributed by atoms with Crippen LogP contribution in [0.5, 0.6) is 0 Å². The summed E-state index contributed by atoms with van der Waals surface area (Å²) in [7, 11) is -3.00. The quantitative estimate of drug-likeness (QED) is 0.518. The van der Waals surface area contributed by atoms with E-state index in [0.717, 1.165) is 22.5 Å². The minimum absolute atomic E-state index is 0.0262. The molecule has 0 N–H and O–H groups in total. The molecule has 8 nitrogen and oxygen atoms in total. The van der Waals surface area contributed by atoms with Crippen molar-refractivity contribution in [1.29, 1.82) is 0 Å². The van der Waals surface area contributed by atoms with Crippen LogP contribution < -0.4 is 9.21 Å². The van der Waals surface area contributed by atoms with Crippen molar-refractivity contribution in [3.05, 3.63) is 46.6 Å². The molecule has 0 unspecified atom stereocenters. The van der Waals surface area contributed by atoms with Crippen LogP contribution in [0.2, 0.25) is 0 Å². The number of nitrogens with zero attached hydrogens (tertiary/aromatic N) is 4. The van der Waals surface area contributed by atoms with Crippen molar-refractivity contribution in [2.75, 3.05) is 49.0 Å². The van der Waals surface area contributed by atoms with Gasteiger partial charge in [0.05, 0.1) is 42.3 Å². The number of benzene rings is 1. The summed E-state index contributed by atoms with van der Waals surface area (Å²) in [5, 5.41) is 0. The molecule has 0 radical (unpaired) electrons. The first-order valence-electron chi connectivity index (χ1n) is 10.4. The van der Waals surface area contributed by atoms with E-state index < -0.39 is 26.7 Å². The Morgan fingerprint density at radius 1 is 1.24 bits per heavy atom. The lowest BCUT2D eigenvalue weighted by Gasteiger charge is -2.48. The number of hydrogen-bond donors (Lipinski definition) is 0. The zero-order valence-corrected chi connectivity index (χ0v) is 20.5. The van der Waals surface area contributed by atoms with Crippen LogP contribution in [0.4, 0.5) is 24.7 Å². The molecule has 0 bridgehead atoms. The molecule has 1 atom stereocenters. The van der Waals surface area contributed by atoms with Crippen LogP contribution in [0.25, 0.3) is 0 Å². The van der Waals surface area contributed by atoms with Crippen molar-refractivity contribution in [2.45, 2.75) is 23.5 Å². The van der Waals surface area contributed by atoms with E-state index in [9.17, 15) is 26.4 Å². The smallest absolute Gasteiger partial charge is 0.416 e. The molecule has 0 saturated carbocycles. The van der Waals surface area contributed by atoms with Gasteiger partial charge in [0, 0.05) is 36.8 Å². The number of anilines is 2. The summed E-state index contributed by atoms with van der Waals surface area (Å²) in [4.78, 5) is 19.6. The van der Waals surface area contributed by atoms with Crippen LogP contribution in [0.15, 0.2) is 45.9 Å². The van der Waals surface area contributed by atoms with Crippen molar-refractivity contribution in [3.63, 3.8) is 0 Å². The van der Waals surface area contributed by atoms with Gasteiger partial charge in [-0.25, -0.2) is 13.4 Å². The molecule has 2 aromatic rings. The van der Waals surface area contributed by atoms with Gasteiger partial charge in [-0.05, 0) is 40.2 Å². The van der Waals surface area contributed by atoms with E-state index in [1.165, 1.54) is 7.11 Å². The number of piperazine rings is 1. The predicted molar refractivity (Wildman–Crippen MR) is 122 cm³/mol. The molecule has 34 heavy (non-hydrogen) atoms. The number of alkyl halides is 3. The van der Waals surface area contributed by atoms with E-state index in [2.05, 4.69) is 20.9 Å². The molecular weight excluding hydrogens is 541 g/mol. The summed E-state index contributed by atoms with van der Waals surface area (Å²) in [6.45, 7) is 2.15. The number of hydrogen-bond acceptors (Lipinski definition) is 7. The Kier molecular flexibility index (Phi) is 6.80. The molecule has 3 heterocycles. The third-order valence-electron chi connectivity index (χ3n) is 5.91. The first-order chi connectivity index (χ1) is 16.0. The molecule has 13 heteroatoms. The van der Waals surface area contributed by atoms with Crippen LogP contribution in [0, 0.1) is 0 Å². The molecule has 2 aliphatic rings. The standard InChI is InChI=1S/C21H22BrF3N4O4S/c1-33-19(30)5-6-27-7-8-28-16(12-27)13-29(18-10-15(22)11-26-20(18)28)34(31,32)17-4-2-3-14(9-17)21(23,24)25/h2-4,9-11,16H,5-8,12-13H2,1H3/t16-/m0/s1. The maximum Gasteiger partial charge on any atom is 0.416 e. The van der Waals surface area contributed by atoms with Gasteiger partial charge >= 0.3 is 12.1 Å². The topological polar surface area (TPSA) is 83.1 Å². The van der Waals surface area contributed by atoms with Crippen LogP contribution in [0.1, 0.15) is 12.0 Å². The second-order valence-corrected chi connectivity index (χ2v) is 10.8. The zero-order chi connectivity index (χ0) is 24.7. The average molecular weight is 563 g/mol. The summed E-state index contributed by atoms with van der Waals surface area (Å²) in [6.07, 6.45) is -2.91. The average Bonchev–Trinajstić information content (AvgIpc) is 2.81. The summed E-state index contributed by atoms with van der Waals surface area (Å²) in [5.74, 6) is 0.110. The molecule has 1 aromatic carbocycles. The van der Waals surface area contributed by atoms with Gasteiger partial charge in [0.25, 0.3) is 10.0 Å². The number of aromatic nitrogens is 1. The predicted octanol–water partition coefficient (Wildman–Crippen LogP) is 3.13. The first kappa shape index (κ1) is 24.7. The Hall–Kier alpha value is -2.38. The summed E-state index contributed by atoms with van der Waals surface area (Å²) < 4.78 is 73.2. The number of methoxy groups -OCH3 is 1. The van der Waals surface area contributed by atoms with Crippen LogP contribution in [-0.4, -0.2) is 70.1 Å². The van der Waals surface area contributed by atoms with Gasteiger partial charge in [-0.15, -0.1) is 0 Å². The summed E-state index contributed by atoms with van der Waals surface area (Å²) in [6, 6.07) is 5.04. The number of carbonyl (C=O) groups is 1. The van der Waals surface area contributed by atoms with E-state index in [0.29, 0.717) is 48.2 Å². The third-order valence-corrected chi connectivity index (χ3v) is 8.12. The van der Waals surface area contributed by atoms with E-state index in [-0.39, 0.29) is 25.0 Å². The van der Waals surface area contributed by atoms with Crippen molar-refractivity contribution >= 4 is 43.4 Å². The van der Waals surface area contributed by atoms with Gasteiger partial charge in [0.2, 0.25) is 0 Å². The molecule has 1 fully saturated rings. The molecular formula is C21H22BrF3N4O4S. The van der Waals surface area contributed by atoms with E-state index >= 15 is 0 Å². The van der Waals surface area contributed by atoms with Gasteiger partial charge in [-0.1, -0.05) is 6.07 Å². The SMILES string of the molecule is COC(=O)CCN1CCN2c3ncc(Br)cc3N(S(=O)(=O)c3cccc(C(F)(F)F)c3)C[C@@H]2C1. The maximum absolute atomic E-state index is 13.6. The number of fused-ring (bicyclic) bond motifs is 3. The van der Waals surface area contributed by atoms with Crippen molar-refractivity contribution in [2.24, 2.45) is 0 Å². The third kappa shape index (κ3) is 4.86. The lowest BCUT2D eigenvalue weighted by molar-refractivity contribution is -0.141.